The maximum absolute atomic E-state index is 5.88. The van der Waals surface area contributed by atoms with Crippen LogP contribution in [-0.2, 0) is 10.2 Å². The minimum atomic E-state index is 0.0297. The van der Waals surface area contributed by atoms with Crippen LogP contribution in [0.4, 0.5) is 0 Å². The summed E-state index contributed by atoms with van der Waals surface area (Å²) in [5, 5.41) is 0. The van der Waals surface area contributed by atoms with E-state index in [9.17, 15) is 0 Å². The lowest BCUT2D eigenvalue weighted by Gasteiger charge is -2.29. The summed E-state index contributed by atoms with van der Waals surface area (Å²) in [4.78, 5) is 0. The quantitative estimate of drug-likeness (QED) is 0.773. The third-order valence-electron chi connectivity index (χ3n) is 3.90. The Balaban J connectivity index is 2.11. The highest BCUT2D eigenvalue weighted by Gasteiger charge is 2.41. The molecule has 0 amide bonds. The van der Waals surface area contributed by atoms with Crippen LogP contribution in [0.2, 0.25) is 0 Å². The SMILES string of the molecule is CC1CC(c2ccccc2)(c2ccccc2)CO1. The van der Waals surface area contributed by atoms with Crippen LogP contribution in [0.5, 0.6) is 0 Å². The highest BCUT2D eigenvalue weighted by Crippen LogP contribution is 2.41. The molecule has 92 valence electrons. The molecule has 1 heteroatoms. The molecule has 1 saturated heterocycles. The van der Waals surface area contributed by atoms with Gasteiger partial charge >= 0.3 is 0 Å². The van der Waals surface area contributed by atoms with Gasteiger partial charge in [0.2, 0.25) is 0 Å². The van der Waals surface area contributed by atoms with Crippen molar-refractivity contribution in [2.45, 2.75) is 24.9 Å². The van der Waals surface area contributed by atoms with Gasteiger partial charge in [0.25, 0.3) is 0 Å². The molecule has 1 aliphatic heterocycles. The fraction of sp³-hybridized carbons (Fsp3) is 0.294. The molecule has 0 radical (unpaired) electrons. The van der Waals surface area contributed by atoms with Crippen LogP contribution in [-0.4, -0.2) is 12.7 Å². The van der Waals surface area contributed by atoms with Crippen molar-refractivity contribution in [1.29, 1.82) is 0 Å². The van der Waals surface area contributed by atoms with Crippen LogP contribution < -0.4 is 0 Å². The average molecular weight is 238 g/mol. The highest BCUT2D eigenvalue weighted by atomic mass is 16.5. The lowest BCUT2D eigenvalue weighted by atomic mass is 9.73. The van der Waals surface area contributed by atoms with Crippen molar-refractivity contribution in [1.82, 2.24) is 0 Å². The van der Waals surface area contributed by atoms with Crippen LogP contribution in [0.25, 0.3) is 0 Å². The monoisotopic (exact) mass is 238 g/mol. The molecule has 1 nitrogen and oxygen atoms in total. The second-order valence-electron chi connectivity index (χ2n) is 5.14. The summed E-state index contributed by atoms with van der Waals surface area (Å²) in [5.74, 6) is 0. The number of ether oxygens (including phenoxy) is 1. The highest BCUT2D eigenvalue weighted by molar-refractivity contribution is 5.40. The van der Waals surface area contributed by atoms with Gasteiger partial charge in [-0.25, -0.2) is 0 Å². The number of rotatable bonds is 2. The molecule has 0 bridgehead atoms. The van der Waals surface area contributed by atoms with E-state index in [1.165, 1.54) is 11.1 Å². The van der Waals surface area contributed by atoms with Gasteiger partial charge in [-0.15, -0.1) is 0 Å². The van der Waals surface area contributed by atoms with Crippen molar-refractivity contribution in [2.24, 2.45) is 0 Å². The molecule has 0 N–H and O–H groups in total. The smallest absolute Gasteiger partial charge is 0.0608 e. The largest absolute Gasteiger partial charge is 0.377 e. The van der Waals surface area contributed by atoms with E-state index in [0.29, 0.717) is 6.10 Å². The standard InChI is InChI=1S/C17H18O/c1-14-12-17(13-18-14,15-8-4-2-5-9-15)16-10-6-3-7-11-16/h2-11,14H,12-13H2,1H3. The normalized spacial score (nSPS) is 21.9. The molecule has 2 aromatic carbocycles. The van der Waals surface area contributed by atoms with Crippen LogP contribution in [0, 0.1) is 0 Å². The van der Waals surface area contributed by atoms with E-state index in [0.717, 1.165) is 13.0 Å². The first-order valence-electron chi connectivity index (χ1n) is 6.54. The molecule has 0 aromatic heterocycles. The Morgan fingerprint density at radius 1 is 0.889 bits per heavy atom. The van der Waals surface area contributed by atoms with Gasteiger partial charge in [0.15, 0.2) is 0 Å². The van der Waals surface area contributed by atoms with Gasteiger partial charge in [0.05, 0.1) is 12.7 Å². The predicted octanol–water partition coefficient (Wildman–Crippen LogP) is 3.78. The van der Waals surface area contributed by atoms with Crippen molar-refractivity contribution in [3.05, 3.63) is 71.8 Å². The van der Waals surface area contributed by atoms with Crippen molar-refractivity contribution in [3.63, 3.8) is 0 Å². The number of hydrogen-bond donors (Lipinski definition) is 0. The van der Waals surface area contributed by atoms with Crippen LogP contribution in [0.3, 0.4) is 0 Å². The van der Waals surface area contributed by atoms with E-state index >= 15 is 0 Å². The van der Waals surface area contributed by atoms with Crippen LogP contribution in [0.15, 0.2) is 60.7 Å². The Morgan fingerprint density at radius 2 is 1.39 bits per heavy atom. The van der Waals surface area contributed by atoms with E-state index in [1.807, 2.05) is 0 Å². The van der Waals surface area contributed by atoms with Crippen LogP contribution in [0.1, 0.15) is 24.5 Å². The zero-order valence-corrected chi connectivity index (χ0v) is 10.7. The maximum Gasteiger partial charge on any atom is 0.0608 e. The number of hydrogen-bond acceptors (Lipinski definition) is 1. The summed E-state index contributed by atoms with van der Waals surface area (Å²) >= 11 is 0. The lowest BCUT2D eigenvalue weighted by Crippen LogP contribution is -2.28. The first kappa shape index (κ1) is 11.5. The molecule has 1 fully saturated rings. The van der Waals surface area contributed by atoms with Gasteiger partial charge in [-0.2, -0.15) is 0 Å². The van der Waals surface area contributed by atoms with Crippen molar-refractivity contribution in [2.75, 3.05) is 6.61 Å². The topological polar surface area (TPSA) is 9.23 Å². The third-order valence-corrected chi connectivity index (χ3v) is 3.90. The van der Waals surface area contributed by atoms with Gasteiger partial charge < -0.3 is 4.74 Å². The summed E-state index contributed by atoms with van der Waals surface area (Å²) in [6.45, 7) is 2.94. The zero-order valence-electron chi connectivity index (χ0n) is 10.7. The van der Waals surface area contributed by atoms with Crippen molar-refractivity contribution >= 4 is 0 Å². The van der Waals surface area contributed by atoms with Gasteiger partial charge in [-0.3, -0.25) is 0 Å². The summed E-state index contributed by atoms with van der Waals surface area (Å²) < 4.78 is 5.88. The molecular formula is C17H18O. The Kier molecular flexibility index (Phi) is 2.92. The van der Waals surface area contributed by atoms with E-state index in [2.05, 4.69) is 67.6 Å². The molecular weight excluding hydrogens is 220 g/mol. The summed E-state index contributed by atoms with van der Waals surface area (Å²) in [7, 11) is 0. The Bertz CT molecular complexity index is 464. The fourth-order valence-corrected chi connectivity index (χ4v) is 2.98. The van der Waals surface area contributed by atoms with Gasteiger partial charge in [-0.1, -0.05) is 60.7 Å². The molecule has 0 spiro atoms. The van der Waals surface area contributed by atoms with Gasteiger partial charge in [-0.05, 0) is 24.5 Å². The minimum absolute atomic E-state index is 0.0297. The first-order chi connectivity index (χ1) is 8.81. The average Bonchev–Trinajstić information content (AvgIpc) is 2.84. The van der Waals surface area contributed by atoms with Crippen molar-refractivity contribution < 1.29 is 4.74 Å². The molecule has 18 heavy (non-hydrogen) atoms. The first-order valence-corrected chi connectivity index (χ1v) is 6.54. The van der Waals surface area contributed by atoms with E-state index in [-0.39, 0.29) is 5.41 Å². The van der Waals surface area contributed by atoms with E-state index < -0.39 is 0 Å². The summed E-state index contributed by atoms with van der Waals surface area (Å²) in [6.07, 6.45) is 1.38. The third kappa shape index (κ3) is 1.85. The Hall–Kier alpha value is -1.60. The second kappa shape index (κ2) is 4.58. The summed E-state index contributed by atoms with van der Waals surface area (Å²) in [5.41, 5.74) is 2.75. The van der Waals surface area contributed by atoms with E-state index in [4.69, 9.17) is 4.74 Å². The molecule has 1 heterocycles. The van der Waals surface area contributed by atoms with Crippen molar-refractivity contribution in [3.8, 4) is 0 Å². The molecule has 3 rings (SSSR count). The lowest BCUT2D eigenvalue weighted by molar-refractivity contribution is 0.119. The Morgan fingerprint density at radius 3 is 1.78 bits per heavy atom. The second-order valence-corrected chi connectivity index (χ2v) is 5.14. The maximum atomic E-state index is 5.88. The molecule has 1 unspecified atom stereocenters. The van der Waals surface area contributed by atoms with Crippen LogP contribution >= 0.6 is 0 Å². The summed E-state index contributed by atoms with van der Waals surface area (Å²) in [6, 6.07) is 21.5. The number of benzene rings is 2. The molecule has 0 aliphatic carbocycles. The predicted molar refractivity (Wildman–Crippen MR) is 73.7 cm³/mol. The minimum Gasteiger partial charge on any atom is -0.377 e. The molecule has 1 atom stereocenters. The molecule has 2 aromatic rings. The van der Waals surface area contributed by atoms with E-state index in [1.54, 1.807) is 0 Å². The molecule has 0 saturated carbocycles. The molecule has 1 aliphatic rings. The zero-order chi connectivity index (χ0) is 12.4. The van der Waals surface area contributed by atoms with Gasteiger partial charge in [0, 0.05) is 5.41 Å². The Labute approximate surface area is 108 Å². The van der Waals surface area contributed by atoms with Gasteiger partial charge in [0.1, 0.15) is 0 Å². The fourth-order valence-electron chi connectivity index (χ4n) is 2.98.